The highest BCUT2D eigenvalue weighted by atomic mass is 35.5. The molecule has 0 unspecified atom stereocenters. The van der Waals surface area contributed by atoms with Gasteiger partial charge in [-0.15, -0.1) is 0 Å². The van der Waals surface area contributed by atoms with Crippen molar-refractivity contribution < 1.29 is 17.9 Å². The van der Waals surface area contributed by atoms with Crippen LogP contribution in [0.15, 0.2) is 53.4 Å². The monoisotopic (exact) mass is 351 g/mol. The summed E-state index contributed by atoms with van der Waals surface area (Å²) in [6.45, 7) is 0.390. The number of benzene rings is 2. The first-order chi connectivity index (χ1) is 11.0. The number of carbonyl (C=O) groups excluding carboxylic acids is 1. The minimum atomic E-state index is -3.74. The number of sulfonamides is 1. The second-order valence-corrected chi connectivity index (χ2v) is 7.30. The molecule has 1 amide bonds. The van der Waals surface area contributed by atoms with Crippen molar-refractivity contribution in [1.29, 1.82) is 0 Å². The fraction of sp³-hybridized carbons (Fsp3) is 0.188. The van der Waals surface area contributed by atoms with Crippen LogP contribution in [0.1, 0.15) is 16.8 Å². The summed E-state index contributed by atoms with van der Waals surface area (Å²) in [7, 11) is -3.74. The molecule has 0 radical (unpaired) electrons. The van der Waals surface area contributed by atoms with E-state index in [-0.39, 0.29) is 17.0 Å². The fourth-order valence-corrected chi connectivity index (χ4v) is 4.11. The van der Waals surface area contributed by atoms with Crippen LogP contribution < -0.4 is 4.74 Å². The fourth-order valence-electron chi connectivity index (χ4n) is 2.38. The van der Waals surface area contributed by atoms with E-state index in [0.29, 0.717) is 23.8 Å². The van der Waals surface area contributed by atoms with Gasteiger partial charge in [-0.2, -0.15) is 0 Å². The number of nitrogens with zero attached hydrogens (tertiary/aromatic N) is 1. The molecule has 1 heterocycles. The van der Waals surface area contributed by atoms with Gasteiger partial charge in [0.2, 0.25) is 0 Å². The Hall–Kier alpha value is -2.05. The number of amides is 1. The molecule has 0 atom stereocenters. The van der Waals surface area contributed by atoms with Crippen molar-refractivity contribution in [2.45, 2.75) is 11.3 Å². The van der Waals surface area contributed by atoms with Crippen LogP contribution in [0.2, 0.25) is 5.02 Å². The molecule has 23 heavy (non-hydrogen) atoms. The summed E-state index contributed by atoms with van der Waals surface area (Å²) in [4.78, 5) is 12.3. The summed E-state index contributed by atoms with van der Waals surface area (Å²) in [5.74, 6) is 0.167. The number of halogens is 1. The van der Waals surface area contributed by atoms with Gasteiger partial charge in [0.05, 0.1) is 12.2 Å². The van der Waals surface area contributed by atoms with Crippen LogP contribution in [-0.2, 0) is 10.0 Å². The van der Waals surface area contributed by atoms with Crippen LogP contribution >= 0.6 is 11.6 Å². The lowest BCUT2D eigenvalue weighted by Gasteiger charge is -2.15. The maximum atomic E-state index is 12.3. The highest BCUT2D eigenvalue weighted by molar-refractivity contribution is 7.90. The molecule has 2 aromatic carbocycles. The molecule has 0 spiro atoms. The van der Waals surface area contributed by atoms with E-state index in [9.17, 15) is 13.2 Å². The lowest BCUT2D eigenvalue weighted by molar-refractivity contribution is 0.0866. The van der Waals surface area contributed by atoms with Crippen molar-refractivity contribution in [3.63, 3.8) is 0 Å². The molecule has 0 bridgehead atoms. The van der Waals surface area contributed by atoms with Gasteiger partial charge in [0.1, 0.15) is 10.6 Å². The molecule has 0 saturated carbocycles. The van der Waals surface area contributed by atoms with Gasteiger partial charge in [0.25, 0.3) is 15.9 Å². The van der Waals surface area contributed by atoms with Crippen LogP contribution in [0.4, 0.5) is 0 Å². The minimum Gasteiger partial charge on any atom is -0.494 e. The van der Waals surface area contributed by atoms with E-state index < -0.39 is 15.9 Å². The van der Waals surface area contributed by atoms with Crippen molar-refractivity contribution in [3.05, 3.63) is 59.1 Å². The van der Waals surface area contributed by atoms with E-state index in [0.717, 1.165) is 4.31 Å². The third-order valence-electron chi connectivity index (χ3n) is 3.50. The van der Waals surface area contributed by atoms with Gasteiger partial charge in [-0.25, -0.2) is 12.7 Å². The Balaban J connectivity index is 1.61. The maximum Gasteiger partial charge on any atom is 0.269 e. The van der Waals surface area contributed by atoms with E-state index in [1.54, 1.807) is 36.4 Å². The predicted molar refractivity (Wildman–Crippen MR) is 86.2 cm³/mol. The Morgan fingerprint density at radius 1 is 1.04 bits per heavy atom. The predicted octanol–water partition coefficient (Wildman–Crippen LogP) is 2.95. The van der Waals surface area contributed by atoms with E-state index >= 15 is 0 Å². The first-order valence-corrected chi connectivity index (χ1v) is 8.86. The lowest BCUT2D eigenvalue weighted by atomic mass is 10.2. The second-order valence-electron chi connectivity index (χ2n) is 5.03. The van der Waals surface area contributed by atoms with Gasteiger partial charge in [-0.05, 0) is 36.4 Å². The standard InChI is InChI=1S/C16H14ClNO4S/c17-12-6-8-13(9-7-12)22-11-3-10-18-16(19)14-4-1-2-5-15(14)23(18,20)21/h1-2,4-9H,3,10-11H2. The second kappa shape index (κ2) is 6.22. The molecule has 0 saturated heterocycles. The van der Waals surface area contributed by atoms with Crippen LogP contribution in [0, 0.1) is 0 Å². The Morgan fingerprint density at radius 3 is 2.43 bits per heavy atom. The Morgan fingerprint density at radius 2 is 1.74 bits per heavy atom. The molecule has 1 aliphatic heterocycles. The van der Waals surface area contributed by atoms with Crippen molar-refractivity contribution in [2.75, 3.05) is 13.2 Å². The summed E-state index contributed by atoms with van der Waals surface area (Å²) in [5, 5.41) is 0.615. The summed E-state index contributed by atoms with van der Waals surface area (Å²) >= 11 is 5.78. The molecular formula is C16H14ClNO4S. The number of carbonyl (C=O) groups is 1. The molecule has 120 valence electrons. The average Bonchev–Trinajstić information content (AvgIpc) is 2.74. The van der Waals surface area contributed by atoms with Gasteiger partial charge < -0.3 is 4.74 Å². The summed E-state index contributed by atoms with van der Waals surface area (Å²) < 4.78 is 31.1. The van der Waals surface area contributed by atoms with Crippen LogP contribution in [0.5, 0.6) is 5.75 Å². The minimum absolute atomic E-state index is 0.0728. The topological polar surface area (TPSA) is 63.7 Å². The quantitative estimate of drug-likeness (QED) is 0.777. The van der Waals surface area contributed by atoms with Crippen LogP contribution in [0.3, 0.4) is 0 Å². The zero-order chi connectivity index (χ0) is 16.4. The molecule has 3 rings (SSSR count). The first-order valence-electron chi connectivity index (χ1n) is 7.04. The average molecular weight is 352 g/mol. The highest BCUT2D eigenvalue weighted by Gasteiger charge is 2.40. The van der Waals surface area contributed by atoms with E-state index in [2.05, 4.69) is 0 Å². The Bertz CT molecular complexity index is 833. The van der Waals surface area contributed by atoms with Gasteiger partial charge in [-0.3, -0.25) is 4.79 Å². The first kappa shape index (κ1) is 15.8. The van der Waals surface area contributed by atoms with Gasteiger partial charge in [0.15, 0.2) is 0 Å². The molecule has 0 N–H and O–H groups in total. The molecule has 2 aromatic rings. The normalized spacial score (nSPS) is 15.5. The summed E-state index contributed by atoms with van der Waals surface area (Å²) in [6.07, 6.45) is 0.404. The van der Waals surface area contributed by atoms with Gasteiger partial charge in [0, 0.05) is 18.0 Å². The number of fused-ring (bicyclic) bond motifs is 1. The molecular weight excluding hydrogens is 338 g/mol. The Kier molecular flexibility index (Phi) is 4.28. The number of rotatable bonds is 5. The number of hydrogen-bond donors (Lipinski definition) is 0. The SMILES string of the molecule is O=C1c2ccccc2S(=O)(=O)N1CCCOc1ccc(Cl)cc1. The van der Waals surface area contributed by atoms with Crippen LogP contribution in [0.25, 0.3) is 0 Å². The molecule has 0 aliphatic carbocycles. The van der Waals surface area contributed by atoms with Gasteiger partial charge >= 0.3 is 0 Å². The summed E-state index contributed by atoms with van der Waals surface area (Å²) in [5.41, 5.74) is 0.228. The van der Waals surface area contributed by atoms with Crippen LogP contribution in [-0.4, -0.2) is 31.8 Å². The largest absolute Gasteiger partial charge is 0.494 e. The van der Waals surface area contributed by atoms with E-state index in [4.69, 9.17) is 16.3 Å². The number of ether oxygens (including phenoxy) is 1. The van der Waals surface area contributed by atoms with Crippen molar-refractivity contribution in [3.8, 4) is 5.75 Å². The van der Waals surface area contributed by atoms with E-state index in [1.807, 2.05) is 0 Å². The highest BCUT2D eigenvalue weighted by Crippen LogP contribution is 2.29. The molecule has 0 fully saturated rings. The van der Waals surface area contributed by atoms with Crippen molar-refractivity contribution >= 4 is 27.5 Å². The molecule has 1 aliphatic rings. The molecule has 5 nitrogen and oxygen atoms in total. The third kappa shape index (κ3) is 3.04. The summed E-state index contributed by atoms with van der Waals surface area (Å²) in [6, 6.07) is 13.1. The third-order valence-corrected chi connectivity index (χ3v) is 5.59. The van der Waals surface area contributed by atoms with E-state index in [1.165, 1.54) is 12.1 Å². The maximum absolute atomic E-state index is 12.3. The Labute approximate surface area is 139 Å². The zero-order valence-electron chi connectivity index (χ0n) is 12.1. The number of hydrogen-bond acceptors (Lipinski definition) is 4. The molecule has 7 heteroatoms. The van der Waals surface area contributed by atoms with Gasteiger partial charge in [-0.1, -0.05) is 23.7 Å². The lowest BCUT2D eigenvalue weighted by Crippen LogP contribution is -2.31. The van der Waals surface area contributed by atoms with Crippen molar-refractivity contribution in [2.24, 2.45) is 0 Å². The zero-order valence-corrected chi connectivity index (χ0v) is 13.7. The molecule has 0 aromatic heterocycles. The van der Waals surface area contributed by atoms with Crippen molar-refractivity contribution in [1.82, 2.24) is 4.31 Å². The smallest absolute Gasteiger partial charge is 0.269 e.